The Morgan fingerprint density at radius 1 is 1.27 bits per heavy atom. The van der Waals surface area contributed by atoms with E-state index in [-0.39, 0.29) is 5.52 Å². The Bertz CT molecular complexity index is 790. The number of amides is 1. The Morgan fingerprint density at radius 2 is 1.88 bits per heavy atom. The van der Waals surface area contributed by atoms with Crippen molar-refractivity contribution >= 4 is 33.4 Å². The maximum Gasteiger partial charge on any atom is 0.424 e. The predicted molar refractivity (Wildman–Crippen MR) is 88.6 cm³/mol. The molecule has 0 aliphatic heterocycles. The Hall–Kier alpha value is -2.20. The van der Waals surface area contributed by atoms with Crippen molar-refractivity contribution in [3.05, 3.63) is 29.3 Å². The summed E-state index contributed by atoms with van der Waals surface area (Å²) < 4.78 is 41.1. The number of nitrogens with one attached hydrogen (secondary N) is 1. The molecule has 2 aromatic rings. The molecule has 3 unspecified atom stereocenters. The van der Waals surface area contributed by atoms with Crippen molar-refractivity contribution < 1.29 is 33.0 Å². The Kier molecular flexibility index (Phi) is 5.57. The van der Waals surface area contributed by atoms with Gasteiger partial charge < -0.3 is 15.5 Å². The molecule has 10 heteroatoms. The molecule has 1 aromatic carbocycles. The lowest BCUT2D eigenvalue weighted by atomic mass is 9.98. The van der Waals surface area contributed by atoms with Crippen molar-refractivity contribution in [3.63, 3.8) is 0 Å². The molecule has 0 radical (unpaired) electrons. The second-order valence-corrected chi connectivity index (χ2v) is 7.04. The molecule has 26 heavy (non-hydrogen) atoms. The van der Waals surface area contributed by atoms with Crippen LogP contribution in [0.5, 0.6) is 0 Å². The average molecular weight is 390 g/mol. The molecule has 3 atom stereocenters. The van der Waals surface area contributed by atoms with E-state index in [4.69, 9.17) is 5.11 Å². The third-order valence-electron chi connectivity index (χ3n) is 4.06. The van der Waals surface area contributed by atoms with E-state index in [0.29, 0.717) is 16.0 Å². The van der Waals surface area contributed by atoms with Gasteiger partial charge in [0, 0.05) is 6.04 Å². The molecule has 0 bridgehead atoms. The first-order valence-corrected chi connectivity index (χ1v) is 8.44. The minimum absolute atomic E-state index is 0.281. The number of aliphatic carboxylic acids is 1. The number of halogens is 3. The van der Waals surface area contributed by atoms with Gasteiger partial charge in [0.2, 0.25) is 11.5 Å². The number of aliphatic hydroxyl groups is 1. The molecule has 3 N–H and O–H groups in total. The SMILES string of the molecule is CC(NC(=O)CC(O)(c1nc2ccccc2s1)C(F)(F)F)C(C)C(=O)O. The number of para-hydroxylation sites is 1. The number of hydrogen-bond donors (Lipinski definition) is 3. The first-order valence-electron chi connectivity index (χ1n) is 7.63. The number of nitrogens with zero attached hydrogens (tertiary/aromatic N) is 1. The summed E-state index contributed by atoms with van der Waals surface area (Å²) in [5.74, 6) is -3.32. The molecular weight excluding hydrogens is 373 g/mol. The second kappa shape index (κ2) is 7.20. The highest BCUT2D eigenvalue weighted by molar-refractivity contribution is 7.18. The van der Waals surface area contributed by atoms with E-state index in [1.54, 1.807) is 18.2 Å². The van der Waals surface area contributed by atoms with Gasteiger partial charge in [0.15, 0.2) is 0 Å². The second-order valence-electron chi connectivity index (χ2n) is 6.00. The van der Waals surface area contributed by atoms with Gasteiger partial charge in [-0.15, -0.1) is 11.3 Å². The van der Waals surface area contributed by atoms with Gasteiger partial charge in [-0.2, -0.15) is 13.2 Å². The van der Waals surface area contributed by atoms with E-state index in [0.717, 1.165) is 0 Å². The lowest BCUT2D eigenvalue weighted by molar-refractivity contribution is -0.267. The lowest BCUT2D eigenvalue weighted by Crippen LogP contribution is -2.48. The number of benzene rings is 1. The first-order chi connectivity index (χ1) is 12.0. The van der Waals surface area contributed by atoms with Crippen LogP contribution in [0, 0.1) is 5.92 Å². The summed E-state index contributed by atoms with van der Waals surface area (Å²) in [6.45, 7) is 2.68. The van der Waals surface area contributed by atoms with Gasteiger partial charge in [0.25, 0.3) is 0 Å². The zero-order chi connectivity index (χ0) is 19.7. The summed E-state index contributed by atoms with van der Waals surface area (Å²) in [5, 5.41) is 20.7. The fourth-order valence-corrected chi connectivity index (χ4v) is 3.30. The summed E-state index contributed by atoms with van der Waals surface area (Å²) >= 11 is 0.648. The average Bonchev–Trinajstić information content (AvgIpc) is 2.97. The first kappa shape index (κ1) is 20.1. The van der Waals surface area contributed by atoms with Gasteiger partial charge in [0.1, 0.15) is 5.01 Å². The number of alkyl halides is 3. The third kappa shape index (κ3) is 3.96. The van der Waals surface area contributed by atoms with Crippen molar-refractivity contribution in [1.82, 2.24) is 10.3 Å². The quantitative estimate of drug-likeness (QED) is 0.704. The Morgan fingerprint density at radius 3 is 2.42 bits per heavy atom. The summed E-state index contributed by atoms with van der Waals surface area (Å²) in [4.78, 5) is 26.8. The predicted octanol–water partition coefficient (Wildman–Crippen LogP) is 2.66. The van der Waals surface area contributed by atoms with E-state index < -0.39 is 47.0 Å². The highest BCUT2D eigenvalue weighted by Crippen LogP contribution is 2.44. The number of carbonyl (C=O) groups is 2. The van der Waals surface area contributed by atoms with Crippen LogP contribution in [0.1, 0.15) is 25.3 Å². The molecule has 1 heterocycles. The van der Waals surface area contributed by atoms with Crippen LogP contribution in [-0.2, 0) is 15.2 Å². The lowest BCUT2D eigenvalue weighted by Gasteiger charge is -2.28. The number of aromatic nitrogens is 1. The molecule has 0 spiro atoms. The number of carbonyl (C=O) groups excluding carboxylic acids is 1. The monoisotopic (exact) mass is 390 g/mol. The van der Waals surface area contributed by atoms with E-state index in [9.17, 15) is 27.9 Å². The molecule has 1 aromatic heterocycles. The van der Waals surface area contributed by atoms with Crippen LogP contribution in [0.15, 0.2) is 24.3 Å². The van der Waals surface area contributed by atoms with Gasteiger partial charge in [0.05, 0.1) is 22.6 Å². The van der Waals surface area contributed by atoms with Gasteiger partial charge >= 0.3 is 12.1 Å². The van der Waals surface area contributed by atoms with Crippen LogP contribution in [-0.4, -0.2) is 39.3 Å². The summed E-state index contributed by atoms with van der Waals surface area (Å²) in [6.07, 6.45) is -6.45. The van der Waals surface area contributed by atoms with Gasteiger partial charge in [-0.1, -0.05) is 12.1 Å². The summed E-state index contributed by atoms with van der Waals surface area (Å²) in [7, 11) is 0. The maximum absolute atomic E-state index is 13.5. The zero-order valence-corrected chi connectivity index (χ0v) is 14.7. The number of thiazole rings is 1. The van der Waals surface area contributed by atoms with Crippen LogP contribution in [0.25, 0.3) is 10.2 Å². The molecule has 142 valence electrons. The van der Waals surface area contributed by atoms with Crippen molar-refractivity contribution in [3.8, 4) is 0 Å². The highest BCUT2D eigenvalue weighted by atomic mass is 32.1. The topological polar surface area (TPSA) is 99.5 Å². The van der Waals surface area contributed by atoms with Crippen LogP contribution < -0.4 is 5.32 Å². The van der Waals surface area contributed by atoms with Crippen LogP contribution in [0.2, 0.25) is 0 Å². The summed E-state index contributed by atoms with van der Waals surface area (Å²) in [5.41, 5.74) is -3.18. The smallest absolute Gasteiger partial charge is 0.424 e. The van der Waals surface area contributed by atoms with Gasteiger partial charge in [-0.05, 0) is 26.0 Å². The van der Waals surface area contributed by atoms with Crippen molar-refractivity contribution in [1.29, 1.82) is 0 Å². The van der Waals surface area contributed by atoms with E-state index in [2.05, 4.69) is 10.3 Å². The summed E-state index contributed by atoms with van der Waals surface area (Å²) in [6, 6.07) is 5.37. The Labute approximate surface area is 150 Å². The molecule has 0 aliphatic rings. The van der Waals surface area contributed by atoms with Crippen molar-refractivity contribution in [2.75, 3.05) is 0 Å². The number of fused-ring (bicyclic) bond motifs is 1. The molecular formula is C16H17F3N2O4S. The Balaban J connectivity index is 2.29. The van der Waals surface area contributed by atoms with E-state index >= 15 is 0 Å². The van der Waals surface area contributed by atoms with E-state index in [1.807, 2.05) is 0 Å². The number of hydrogen-bond acceptors (Lipinski definition) is 5. The third-order valence-corrected chi connectivity index (χ3v) is 5.25. The normalized spacial score (nSPS) is 16.7. The molecule has 0 saturated heterocycles. The van der Waals surface area contributed by atoms with Gasteiger partial charge in [-0.25, -0.2) is 4.98 Å². The number of rotatable bonds is 6. The standard InChI is InChI=1S/C16H17F3N2O4S/c1-8(13(23)24)9(2)20-12(22)7-15(25,16(17,18)19)14-21-10-5-3-4-6-11(10)26-14/h3-6,8-9,25H,7H2,1-2H3,(H,20,22)(H,23,24). The minimum Gasteiger partial charge on any atom is -0.481 e. The van der Waals surface area contributed by atoms with Crippen molar-refractivity contribution in [2.45, 2.75) is 38.1 Å². The van der Waals surface area contributed by atoms with Gasteiger partial charge in [-0.3, -0.25) is 9.59 Å². The number of carboxylic acid groups (broad SMARTS) is 1. The molecule has 1 amide bonds. The van der Waals surface area contributed by atoms with E-state index in [1.165, 1.54) is 19.9 Å². The molecule has 0 fully saturated rings. The molecule has 6 nitrogen and oxygen atoms in total. The minimum atomic E-state index is -5.14. The van der Waals surface area contributed by atoms with Crippen molar-refractivity contribution in [2.24, 2.45) is 5.92 Å². The van der Waals surface area contributed by atoms with Crippen LogP contribution >= 0.6 is 11.3 Å². The molecule has 0 aliphatic carbocycles. The fourth-order valence-electron chi connectivity index (χ4n) is 2.22. The van der Waals surface area contributed by atoms with Crippen LogP contribution in [0.4, 0.5) is 13.2 Å². The molecule has 0 saturated carbocycles. The fraction of sp³-hybridized carbons (Fsp3) is 0.438. The number of carboxylic acids is 1. The molecule has 2 rings (SSSR count). The largest absolute Gasteiger partial charge is 0.481 e. The maximum atomic E-state index is 13.5. The zero-order valence-electron chi connectivity index (χ0n) is 13.9. The van der Waals surface area contributed by atoms with Crippen LogP contribution in [0.3, 0.4) is 0 Å². The highest BCUT2D eigenvalue weighted by Gasteiger charge is 2.58.